The zero-order chi connectivity index (χ0) is 25.6. The lowest BCUT2D eigenvalue weighted by Crippen LogP contribution is -2.39. The maximum atomic E-state index is 13.9. The number of pyridine rings is 1. The molecule has 2 aliphatic heterocycles. The van der Waals surface area contributed by atoms with Crippen LogP contribution >= 0.6 is 0 Å². The molecule has 1 amide bonds. The van der Waals surface area contributed by atoms with E-state index in [1.807, 2.05) is 24.1 Å². The highest BCUT2D eigenvalue weighted by Gasteiger charge is 2.22. The van der Waals surface area contributed by atoms with Gasteiger partial charge in [0.05, 0.1) is 24.9 Å². The van der Waals surface area contributed by atoms with Crippen molar-refractivity contribution in [3.8, 4) is 11.1 Å². The maximum absolute atomic E-state index is 13.9. The molecule has 8 nitrogen and oxygen atoms in total. The molecule has 2 aliphatic rings. The van der Waals surface area contributed by atoms with Gasteiger partial charge in [-0.2, -0.15) is 9.49 Å². The van der Waals surface area contributed by atoms with Gasteiger partial charge < -0.3 is 15.0 Å². The number of hydrogen-bond acceptors (Lipinski definition) is 6. The smallest absolute Gasteiger partial charge is 0.222 e. The molecule has 2 saturated heterocycles. The predicted octanol–water partition coefficient (Wildman–Crippen LogP) is 4.02. The average Bonchev–Trinajstić information content (AvgIpc) is 3.35. The standard InChI is InChI=1S/C28H37FN6O2/c1-2-28(36)34-10-5-21(6-11-34)19-31-25-16-23(22-4-7-30-27(29)18-22)17-26-24(25)20-32-35(26)9-3-8-33-12-14-37-15-13-33/h4,7,16-18,20-21,31H,2-3,5-6,8-15,19H2,1H3. The number of fused-ring (bicyclic) bond motifs is 1. The van der Waals surface area contributed by atoms with E-state index in [9.17, 15) is 9.18 Å². The van der Waals surface area contributed by atoms with Crippen LogP contribution < -0.4 is 5.32 Å². The molecule has 1 aromatic carbocycles. The molecular weight excluding hydrogens is 471 g/mol. The first-order valence-corrected chi connectivity index (χ1v) is 13.5. The number of amides is 1. The van der Waals surface area contributed by atoms with E-state index in [0.717, 1.165) is 106 Å². The summed E-state index contributed by atoms with van der Waals surface area (Å²) in [7, 11) is 0. The highest BCUT2D eigenvalue weighted by molar-refractivity contribution is 5.95. The van der Waals surface area contributed by atoms with E-state index in [1.165, 1.54) is 12.3 Å². The van der Waals surface area contributed by atoms with Crippen LogP contribution in [-0.4, -0.2) is 83.0 Å². The predicted molar refractivity (Wildman–Crippen MR) is 143 cm³/mol. The Morgan fingerprint density at radius 3 is 2.68 bits per heavy atom. The Labute approximate surface area is 217 Å². The maximum Gasteiger partial charge on any atom is 0.222 e. The van der Waals surface area contributed by atoms with Crippen molar-refractivity contribution in [2.24, 2.45) is 5.92 Å². The Kier molecular flexibility index (Phi) is 8.31. The number of aromatic nitrogens is 3. The van der Waals surface area contributed by atoms with Crippen LogP contribution in [0.2, 0.25) is 0 Å². The third-order valence-corrected chi connectivity index (χ3v) is 7.62. The third kappa shape index (κ3) is 6.27. The Balaban J connectivity index is 1.33. The summed E-state index contributed by atoms with van der Waals surface area (Å²) in [5, 5.41) is 9.47. The number of nitrogens with zero attached hydrogens (tertiary/aromatic N) is 5. The van der Waals surface area contributed by atoms with E-state index in [4.69, 9.17) is 9.84 Å². The molecule has 37 heavy (non-hydrogen) atoms. The molecule has 2 fully saturated rings. The minimum atomic E-state index is -0.487. The van der Waals surface area contributed by atoms with Crippen LogP contribution in [0.1, 0.15) is 32.6 Å². The first-order valence-electron chi connectivity index (χ1n) is 13.5. The van der Waals surface area contributed by atoms with Crippen molar-refractivity contribution in [1.29, 1.82) is 0 Å². The molecule has 0 spiro atoms. The summed E-state index contributed by atoms with van der Waals surface area (Å²) in [5.41, 5.74) is 3.79. The van der Waals surface area contributed by atoms with Crippen LogP contribution in [0.25, 0.3) is 22.0 Å². The summed E-state index contributed by atoms with van der Waals surface area (Å²) in [6.45, 7) is 9.82. The van der Waals surface area contributed by atoms with E-state index in [-0.39, 0.29) is 5.91 Å². The van der Waals surface area contributed by atoms with Crippen molar-refractivity contribution in [3.05, 3.63) is 42.6 Å². The van der Waals surface area contributed by atoms with Crippen molar-refractivity contribution in [2.45, 2.75) is 39.2 Å². The van der Waals surface area contributed by atoms with Crippen LogP contribution in [-0.2, 0) is 16.1 Å². The Bertz CT molecular complexity index is 1200. The fourth-order valence-corrected chi connectivity index (χ4v) is 5.38. The van der Waals surface area contributed by atoms with Crippen molar-refractivity contribution < 1.29 is 13.9 Å². The number of hydrogen-bond donors (Lipinski definition) is 1. The molecule has 1 N–H and O–H groups in total. The van der Waals surface area contributed by atoms with Crippen molar-refractivity contribution in [2.75, 3.05) is 57.8 Å². The van der Waals surface area contributed by atoms with Gasteiger partial charge in [0.2, 0.25) is 11.9 Å². The number of rotatable bonds is 9. The van der Waals surface area contributed by atoms with E-state index >= 15 is 0 Å². The van der Waals surface area contributed by atoms with Crippen LogP contribution in [0.15, 0.2) is 36.7 Å². The van der Waals surface area contributed by atoms with Gasteiger partial charge in [0.1, 0.15) is 0 Å². The quantitative estimate of drug-likeness (QED) is 0.440. The zero-order valence-electron chi connectivity index (χ0n) is 21.7. The molecule has 0 aliphatic carbocycles. The number of likely N-dealkylation sites (tertiary alicyclic amines) is 1. The number of aryl methyl sites for hydroxylation is 1. The SMILES string of the molecule is CCC(=O)N1CCC(CNc2cc(-c3ccnc(F)c3)cc3c2cnn3CCCN2CCOCC2)CC1. The van der Waals surface area contributed by atoms with E-state index in [0.29, 0.717) is 12.3 Å². The van der Waals surface area contributed by atoms with Crippen molar-refractivity contribution in [1.82, 2.24) is 24.6 Å². The molecule has 4 heterocycles. The fraction of sp³-hybridized carbons (Fsp3) is 0.536. The van der Waals surface area contributed by atoms with Crippen molar-refractivity contribution in [3.63, 3.8) is 0 Å². The van der Waals surface area contributed by atoms with Gasteiger partial charge in [-0.3, -0.25) is 14.4 Å². The lowest BCUT2D eigenvalue weighted by atomic mass is 9.96. The summed E-state index contributed by atoms with van der Waals surface area (Å²) in [5.74, 6) is 0.257. The molecule has 0 atom stereocenters. The Hall–Kier alpha value is -3.04. The normalized spacial score (nSPS) is 17.4. The van der Waals surface area contributed by atoms with Gasteiger partial charge in [0.15, 0.2) is 0 Å². The van der Waals surface area contributed by atoms with E-state index in [2.05, 4.69) is 32.0 Å². The molecule has 9 heteroatoms. The van der Waals surface area contributed by atoms with Gasteiger partial charge in [-0.25, -0.2) is 4.98 Å². The first kappa shape index (κ1) is 25.6. The minimum Gasteiger partial charge on any atom is -0.384 e. The molecule has 0 unspecified atom stereocenters. The van der Waals surface area contributed by atoms with Gasteiger partial charge in [0.25, 0.3) is 0 Å². The second-order valence-electron chi connectivity index (χ2n) is 10.1. The summed E-state index contributed by atoms with van der Waals surface area (Å²) >= 11 is 0. The summed E-state index contributed by atoms with van der Waals surface area (Å²) in [4.78, 5) is 20.2. The Morgan fingerprint density at radius 1 is 1.11 bits per heavy atom. The number of halogens is 1. The van der Waals surface area contributed by atoms with Crippen LogP contribution in [0, 0.1) is 11.9 Å². The van der Waals surface area contributed by atoms with Crippen molar-refractivity contribution >= 4 is 22.5 Å². The van der Waals surface area contributed by atoms with Crippen LogP contribution in [0.4, 0.5) is 10.1 Å². The van der Waals surface area contributed by atoms with Crippen LogP contribution in [0.5, 0.6) is 0 Å². The minimum absolute atomic E-state index is 0.242. The van der Waals surface area contributed by atoms with Crippen LogP contribution in [0.3, 0.4) is 0 Å². The van der Waals surface area contributed by atoms with E-state index < -0.39 is 5.95 Å². The number of piperidine rings is 1. The number of benzene rings is 1. The first-order chi connectivity index (χ1) is 18.1. The fourth-order valence-electron chi connectivity index (χ4n) is 5.38. The lowest BCUT2D eigenvalue weighted by molar-refractivity contribution is -0.132. The van der Waals surface area contributed by atoms with Gasteiger partial charge in [-0.1, -0.05) is 6.92 Å². The average molecular weight is 509 g/mol. The monoisotopic (exact) mass is 508 g/mol. The number of carbonyl (C=O) groups excluding carboxylic acids is 1. The van der Waals surface area contributed by atoms with Gasteiger partial charge in [-0.15, -0.1) is 0 Å². The van der Waals surface area contributed by atoms with Gasteiger partial charge >= 0.3 is 0 Å². The number of anilines is 1. The zero-order valence-corrected chi connectivity index (χ0v) is 21.7. The molecule has 5 rings (SSSR count). The Morgan fingerprint density at radius 2 is 1.92 bits per heavy atom. The lowest BCUT2D eigenvalue weighted by Gasteiger charge is -2.32. The third-order valence-electron chi connectivity index (χ3n) is 7.62. The number of ether oxygens (including phenoxy) is 1. The summed E-state index contributed by atoms with van der Waals surface area (Å²) in [6.07, 6.45) is 7.01. The van der Waals surface area contributed by atoms with Gasteiger partial charge in [-0.05, 0) is 54.5 Å². The summed E-state index contributed by atoms with van der Waals surface area (Å²) < 4.78 is 21.5. The largest absolute Gasteiger partial charge is 0.384 e. The molecule has 198 valence electrons. The number of morpholine rings is 1. The van der Waals surface area contributed by atoms with Gasteiger partial charge in [0, 0.05) is 75.6 Å². The van der Waals surface area contributed by atoms with E-state index in [1.54, 1.807) is 0 Å². The number of nitrogens with one attached hydrogen (secondary N) is 1. The molecule has 2 aromatic heterocycles. The summed E-state index contributed by atoms with van der Waals surface area (Å²) in [6, 6.07) is 7.51. The molecule has 3 aromatic rings. The highest BCUT2D eigenvalue weighted by atomic mass is 19.1. The number of carbonyl (C=O) groups is 1. The highest BCUT2D eigenvalue weighted by Crippen LogP contribution is 2.32. The second kappa shape index (κ2) is 12.0. The molecular formula is C28H37FN6O2. The second-order valence-corrected chi connectivity index (χ2v) is 10.1. The molecule has 0 radical (unpaired) electrons. The molecule has 0 saturated carbocycles. The molecule has 0 bridgehead atoms. The topological polar surface area (TPSA) is 75.5 Å².